The summed E-state index contributed by atoms with van der Waals surface area (Å²) in [6, 6.07) is 7.76. The van der Waals surface area contributed by atoms with Crippen molar-refractivity contribution in [3.8, 4) is 11.5 Å². The van der Waals surface area contributed by atoms with E-state index in [0.717, 1.165) is 0 Å². The Bertz CT molecular complexity index is 702. The summed E-state index contributed by atoms with van der Waals surface area (Å²) in [4.78, 5) is 12.6. The monoisotopic (exact) mass is 325 g/mol. The lowest BCUT2D eigenvalue weighted by Gasteiger charge is -2.11. The molecule has 4 nitrogen and oxygen atoms in total. The average Bonchev–Trinajstić information content (AvgIpc) is 2.48. The fourth-order valence-corrected chi connectivity index (χ4v) is 2.38. The van der Waals surface area contributed by atoms with E-state index in [-0.39, 0.29) is 16.4 Å². The van der Waals surface area contributed by atoms with Gasteiger partial charge in [-0.15, -0.1) is 0 Å². The van der Waals surface area contributed by atoms with Gasteiger partial charge in [0, 0.05) is 23.4 Å². The zero-order valence-electron chi connectivity index (χ0n) is 11.4. The highest BCUT2D eigenvalue weighted by Gasteiger charge is 2.19. The summed E-state index contributed by atoms with van der Waals surface area (Å²) in [6.07, 6.45) is 0. The molecule has 0 aliphatic rings. The molecule has 0 bridgehead atoms. The third kappa shape index (κ3) is 3.06. The molecule has 21 heavy (non-hydrogen) atoms. The molecule has 0 saturated carbocycles. The Labute approximate surface area is 132 Å². The second-order valence-electron chi connectivity index (χ2n) is 4.26. The van der Waals surface area contributed by atoms with Crippen molar-refractivity contribution in [2.75, 3.05) is 20.0 Å². The highest BCUT2D eigenvalue weighted by Crippen LogP contribution is 2.33. The molecule has 6 heteroatoms. The van der Waals surface area contributed by atoms with Crippen LogP contribution in [-0.2, 0) is 0 Å². The molecule has 0 saturated heterocycles. The number of halogens is 2. The van der Waals surface area contributed by atoms with E-state index in [1.807, 2.05) is 0 Å². The molecule has 110 valence electrons. The van der Waals surface area contributed by atoms with Crippen LogP contribution in [0.1, 0.15) is 15.9 Å². The minimum Gasteiger partial charge on any atom is -0.496 e. The van der Waals surface area contributed by atoms with Gasteiger partial charge in [-0.2, -0.15) is 0 Å². The summed E-state index contributed by atoms with van der Waals surface area (Å²) < 4.78 is 10.2. The van der Waals surface area contributed by atoms with Crippen molar-refractivity contribution in [2.24, 2.45) is 0 Å². The predicted octanol–water partition coefficient (Wildman–Crippen LogP) is 3.82. The summed E-state index contributed by atoms with van der Waals surface area (Å²) in [5.41, 5.74) is 6.81. The third-order valence-electron chi connectivity index (χ3n) is 2.96. The Hall–Kier alpha value is -1.91. The molecule has 2 aromatic carbocycles. The maximum Gasteiger partial charge on any atom is 0.198 e. The summed E-state index contributed by atoms with van der Waals surface area (Å²) in [5, 5.41) is 0.555. The number of rotatable bonds is 4. The van der Waals surface area contributed by atoms with Gasteiger partial charge in [-0.25, -0.2) is 0 Å². The summed E-state index contributed by atoms with van der Waals surface area (Å²) >= 11 is 12.2. The maximum absolute atomic E-state index is 12.6. The molecule has 0 amide bonds. The van der Waals surface area contributed by atoms with Crippen LogP contribution in [-0.4, -0.2) is 20.0 Å². The minimum absolute atomic E-state index is 0.250. The highest BCUT2D eigenvalue weighted by atomic mass is 35.5. The van der Waals surface area contributed by atoms with Crippen molar-refractivity contribution in [3.63, 3.8) is 0 Å². The van der Waals surface area contributed by atoms with Crippen LogP contribution >= 0.6 is 23.2 Å². The van der Waals surface area contributed by atoms with Crippen molar-refractivity contribution in [3.05, 3.63) is 51.5 Å². The van der Waals surface area contributed by atoms with Crippen molar-refractivity contribution in [1.82, 2.24) is 0 Å². The van der Waals surface area contributed by atoms with Gasteiger partial charge in [-0.3, -0.25) is 4.79 Å². The third-order valence-corrected chi connectivity index (χ3v) is 3.56. The number of carbonyl (C=O) groups is 1. The Kier molecular flexibility index (Phi) is 4.60. The van der Waals surface area contributed by atoms with Crippen LogP contribution in [0.3, 0.4) is 0 Å². The second kappa shape index (κ2) is 6.24. The first-order chi connectivity index (χ1) is 9.97. The first kappa shape index (κ1) is 15.5. The normalized spacial score (nSPS) is 10.3. The molecule has 0 unspecified atom stereocenters. The number of nitrogen functional groups attached to an aromatic ring is 1. The molecular weight excluding hydrogens is 313 g/mol. The van der Waals surface area contributed by atoms with Crippen molar-refractivity contribution in [1.29, 1.82) is 0 Å². The molecule has 0 spiro atoms. The topological polar surface area (TPSA) is 61.5 Å². The quantitative estimate of drug-likeness (QED) is 0.685. The van der Waals surface area contributed by atoms with E-state index >= 15 is 0 Å². The lowest BCUT2D eigenvalue weighted by Crippen LogP contribution is -2.06. The van der Waals surface area contributed by atoms with E-state index in [0.29, 0.717) is 27.8 Å². The van der Waals surface area contributed by atoms with Gasteiger partial charge in [-0.1, -0.05) is 23.2 Å². The first-order valence-corrected chi connectivity index (χ1v) is 6.74. The molecule has 0 aliphatic heterocycles. The van der Waals surface area contributed by atoms with Gasteiger partial charge < -0.3 is 15.2 Å². The summed E-state index contributed by atoms with van der Waals surface area (Å²) in [7, 11) is 2.94. The Balaban J connectivity index is 2.52. The molecule has 0 fully saturated rings. The van der Waals surface area contributed by atoms with Gasteiger partial charge in [0.15, 0.2) is 5.78 Å². The molecular formula is C15H13Cl2NO3. The number of methoxy groups -OCH3 is 2. The standard InChI is InChI=1S/C15H13Cl2NO3/c1-20-13-5-8(18)3-4-9(13)15(19)10-6-12(17)14(21-2)7-11(10)16/h3-7H,18H2,1-2H3. The molecule has 0 heterocycles. The zero-order chi connectivity index (χ0) is 15.6. The van der Waals surface area contributed by atoms with Gasteiger partial charge in [0.05, 0.1) is 29.8 Å². The van der Waals surface area contributed by atoms with Gasteiger partial charge in [0.25, 0.3) is 0 Å². The molecule has 0 aliphatic carbocycles. The summed E-state index contributed by atoms with van der Waals surface area (Å²) in [6.45, 7) is 0. The Morgan fingerprint density at radius 1 is 0.952 bits per heavy atom. The Morgan fingerprint density at radius 2 is 1.62 bits per heavy atom. The van der Waals surface area contributed by atoms with Crippen LogP contribution in [0.25, 0.3) is 0 Å². The first-order valence-electron chi connectivity index (χ1n) is 5.99. The number of anilines is 1. The predicted molar refractivity (Wildman–Crippen MR) is 83.9 cm³/mol. The number of hydrogen-bond donors (Lipinski definition) is 1. The number of benzene rings is 2. The second-order valence-corrected chi connectivity index (χ2v) is 5.07. The van der Waals surface area contributed by atoms with Crippen LogP contribution in [0.15, 0.2) is 30.3 Å². The van der Waals surface area contributed by atoms with E-state index in [1.54, 1.807) is 18.2 Å². The number of ketones is 1. The largest absolute Gasteiger partial charge is 0.496 e. The van der Waals surface area contributed by atoms with E-state index in [2.05, 4.69) is 0 Å². The fourth-order valence-electron chi connectivity index (χ4n) is 1.90. The molecule has 0 aromatic heterocycles. The van der Waals surface area contributed by atoms with Crippen LogP contribution in [0, 0.1) is 0 Å². The van der Waals surface area contributed by atoms with Gasteiger partial charge in [0.1, 0.15) is 11.5 Å². The van der Waals surface area contributed by atoms with Crippen LogP contribution in [0.5, 0.6) is 11.5 Å². The van der Waals surface area contributed by atoms with Crippen molar-refractivity contribution < 1.29 is 14.3 Å². The molecule has 0 radical (unpaired) electrons. The number of nitrogens with two attached hydrogens (primary N) is 1. The minimum atomic E-state index is -0.304. The lowest BCUT2D eigenvalue weighted by molar-refractivity contribution is 0.103. The lowest BCUT2D eigenvalue weighted by atomic mass is 10.0. The molecule has 0 atom stereocenters. The van der Waals surface area contributed by atoms with Crippen molar-refractivity contribution >= 4 is 34.7 Å². The number of ether oxygens (including phenoxy) is 2. The Morgan fingerprint density at radius 3 is 2.24 bits per heavy atom. The van der Waals surface area contributed by atoms with E-state index < -0.39 is 0 Å². The smallest absolute Gasteiger partial charge is 0.198 e. The van der Waals surface area contributed by atoms with Crippen LogP contribution in [0.2, 0.25) is 10.0 Å². The van der Waals surface area contributed by atoms with Gasteiger partial charge in [0.2, 0.25) is 0 Å². The average molecular weight is 326 g/mol. The maximum atomic E-state index is 12.6. The van der Waals surface area contributed by atoms with Gasteiger partial charge >= 0.3 is 0 Å². The zero-order valence-corrected chi connectivity index (χ0v) is 13.0. The molecule has 2 rings (SSSR count). The molecule has 2 aromatic rings. The van der Waals surface area contributed by atoms with Gasteiger partial charge in [-0.05, 0) is 18.2 Å². The fraction of sp³-hybridized carbons (Fsp3) is 0.133. The SMILES string of the molecule is COc1cc(Cl)c(C(=O)c2ccc(N)cc2OC)cc1Cl. The highest BCUT2D eigenvalue weighted by molar-refractivity contribution is 6.37. The van der Waals surface area contributed by atoms with Crippen molar-refractivity contribution in [2.45, 2.75) is 0 Å². The van der Waals surface area contributed by atoms with Crippen LogP contribution in [0.4, 0.5) is 5.69 Å². The van der Waals surface area contributed by atoms with E-state index in [9.17, 15) is 4.79 Å². The molecule has 2 N–H and O–H groups in total. The number of carbonyl (C=O) groups excluding carboxylic acids is 1. The van der Waals surface area contributed by atoms with Crippen LogP contribution < -0.4 is 15.2 Å². The summed E-state index contributed by atoms with van der Waals surface area (Å²) in [5.74, 6) is 0.479. The van der Waals surface area contributed by atoms with E-state index in [1.165, 1.54) is 26.4 Å². The van der Waals surface area contributed by atoms with E-state index in [4.69, 9.17) is 38.4 Å². The number of hydrogen-bond acceptors (Lipinski definition) is 4.